The minimum atomic E-state index is 0.255. The minimum absolute atomic E-state index is 0.255. The van der Waals surface area contributed by atoms with E-state index < -0.39 is 0 Å². The highest BCUT2D eigenvalue weighted by molar-refractivity contribution is 5.89. The summed E-state index contributed by atoms with van der Waals surface area (Å²) in [5, 5.41) is 0. The van der Waals surface area contributed by atoms with Crippen LogP contribution in [0.5, 0.6) is 0 Å². The van der Waals surface area contributed by atoms with Crippen molar-refractivity contribution in [2.75, 3.05) is 0 Å². The molecule has 29 heavy (non-hydrogen) atoms. The Hall–Kier alpha value is -2.41. The van der Waals surface area contributed by atoms with E-state index in [4.69, 9.17) is 4.99 Å². The van der Waals surface area contributed by atoms with Crippen molar-refractivity contribution in [2.45, 2.75) is 67.3 Å². The van der Waals surface area contributed by atoms with Crippen molar-refractivity contribution in [1.29, 1.82) is 0 Å². The largest absolute Gasteiger partial charge is 0.285 e. The summed E-state index contributed by atoms with van der Waals surface area (Å²) in [6.07, 6.45) is 13.1. The Morgan fingerprint density at radius 3 is 2.45 bits per heavy atom. The molecular weight excluding hydrogens is 350 g/mol. The molecule has 2 rings (SSSR count). The van der Waals surface area contributed by atoms with Gasteiger partial charge in [0.2, 0.25) is 0 Å². The van der Waals surface area contributed by atoms with Gasteiger partial charge in [-0.15, -0.1) is 0 Å². The molecule has 0 heterocycles. The van der Waals surface area contributed by atoms with Gasteiger partial charge >= 0.3 is 0 Å². The molecule has 154 valence electrons. The maximum atomic E-state index is 4.91. The van der Waals surface area contributed by atoms with Crippen LogP contribution < -0.4 is 0 Å². The average molecular weight is 388 g/mol. The molecule has 1 aliphatic rings. The minimum Gasteiger partial charge on any atom is -0.285 e. The van der Waals surface area contributed by atoms with E-state index in [2.05, 4.69) is 103 Å². The van der Waals surface area contributed by atoms with E-state index in [0.717, 1.165) is 12.8 Å². The predicted molar refractivity (Wildman–Crippen MR) is 130 cm³/mol. The Labute approximate surface area is 178 Å². The first-order chi connectivity index (χ1) is 13.8. The van der Waals surface area contributed by atoms with Gasteiger partial charge in [0.1, 0.15) is 0 Å². The molecule has 1 atom stereocenters. The van der Waals surface area contributed by atoms with Crippen LogP contribution in [0.1, 0.15) is 66.9 Å². The molecule has 1 aromatic carbocycles. The van der Waals surface area contributed by atoms with Crippen molar-refractivity contribution in [2.24, 2.45) is 10.9 Å². The lowest BCUT2D eigenvalue weighted by atomic mass is 9.91. The molecule has 1 unspecified atom stereocenters. The van der Waals surface area contributed by atoms with Gasteiger partial charge in [0.25, 0.3) is 0 Å². The summed E-state index contributed by atoms with van der Waals surface area (Å²) < 4.78 is 0. The lowest BCUT2D eigenvalue weighted by molar-refractivity contribution is 0.645. The van der Waals surface area contributed by atoms with Crippen molar-refractivity contribution in [1.82, 2.24) is 0 Å². The van der Waals surface area contributed by atoms with E-state index in [1.165, 1.54) is 39.0 Å². The summed E-state index contributed by atoms with van der Waals surface area (Å²) in [4.78, 5) is 4.91. The number of allylic oxidation sites excluding steroid dienone is 8. The number of nitrogens with zero attached hydrogens (tertiary/aromatic N) is 1. The van der Waals surface area contributed by atoms with Gasteiger partial charge in [0.05, 0.1) is 6.04 Å². The van der Waals surface area contributed by atoms with Crippen molar-refractivity contribution in [3.63, 3.8) is 0 Å². The highest BCUT2D eigenvalue weighted by Gasteiger charge is 2.15. The molecule has 0 spiro atoms. The van der Waals surface area contributed by atoms with Crippen molar-refractivity contribution >= 4 is 11.8 Å². The lowest BCUT2D eigenvalue weighted by Gasteiger charge is -2.20. The number of hydrogen-bond acceptors (Lipinski definition) is 1. The maximum absolute atomic E-state index is 4.91. The number of benzene rings is 1. The van der Waals surface area contributed by atoms with Gasteiger partial charge < -0.3 is 0 Å². The van der Waals surface area contributed by atoms with E-state index >= 15 is 0 Å². The van der Waals surface area contributed by atoms with Crippen LogP contribution in [0.4, 0.5) is 0 Å². The highest BCUT2D eigenvalue weighted by Crippen LogP contribution is 2.27. The van der Waals surface area contributed by atoms with Crippen LogP contribution in [0.25, 0.3) is 5.57 Å². The first-order valence-corrected chi connectivity index (χ1v) is 10.8. The first-order valence-electron chi connectivity index (χ1n) is 10.8. The van der Waals surface area contributed by atoms with E-state index in [-0.39, 0.29) is 6.04 Å². The summed E-state index contributed by atoms with van der Waals surface area (Å²) in [7, 11) is 0. The topological polar surface area (TPSA) is 12.4 Å². The molecule has 0 saturated heterocycles. The standard InChI is InChI=1S/C28H37N/c1-8-25(16-20(2)3)23(6)19-27(26-12-10-9-11-13-26)14-15-29-28-18-21(4)17-22(5)24(28)7/h8-15,17,19-20,28H,16,18H2,1-7H3/b23-19+,25-8-,27-14+,29-15?. The molecular formula is C28H37N. The van der Waals surface area contributed by atoms with E-state index in [0.29, 0.717) is 5.92 Å². The van der Waals surface area contributed by atoms with Crippen LogP contribution in [0.2, 0.25) is 0 Å². The van der Waals surface area contributed by atoms with Gasteiger partial charge in [-0.3, -0.25) is 4.99 Å². The number of aliphatic imine (C=N–C) groups is 1. The van der Waals surface area contributed by atoms with Crippen LogP contribution in [-0.2, 0) is 0 Å². The summed E-state index contributed by atoms with van der Waals surface area (Å²) >= 11 is 0. The zero-order valence-electron chi connectivity index (χ0n) is 19.3. The van der Waals surface area contributed by atoms with Crippen molar-refractivity contribution < 1.29 is 0 Å². The zero-order valence-corrected chi connectivity index (χ0v) is 19.3. The van der Waals surface area contributed by atoms with Crippen molar-refractivity contribution in [3.05, 3.63) is 88.1 Å². The van der Waals surface area contributed by atoms with E-state index in [1.807, 2.05) is 6.21 Å². The van der Waals surface area contributed by atoms with Crippen LogP contribution >= 0.6 is 0 Å². The fraction of sp³-hybridized carbons (Fsp3) is 0.393. The normalized spacial score (nSPS) is 19.4. The Bertz CT molecular complexity index is 870. The lowest BCUT2D eigenvalue weighted by Crippen LogP contribution is -2.12. The quantitative estimate of drug-likeness (QED) is 0.331. The number of rotatable bonds is 7. The zero-order chi connectivity index (χ0) is 21.4. The molecule has 1 aromatic rings. The van der Waals surface area contributed by atoms with Gasteiger partial charge in [-0.2, -0.15) is 0 Å². The molecule has 0 amide bonds. The second-order valence-electron chi connectivity index (χ2n) is 8.60. The van der Waals surface area contributed by atoms with Gasteiger partial charge in [0, 0.05) is 6.21 Å². The Morgan fingerprint density at radius 2 is 1.83 bits per heavy atom. The molecule has 0 radical (unpaired) electrons. The Balaban J connectivity index is 2.34. The van der Waals surface area contributed by atoms with E-state index in [9.17, 15) is 0 Å². The van der Waals surface area contributed by atoms with Crippen molar-refractivity contribution in [3.8, 4) is 0 Å². The summed E-state index contributed by atoms with van der Waals surface area (Å²) in [5.74, 6) is 0.649. The van der Waals surface area contributed by atoms with Gasteiger partial charge in [-0.1, -0.05) is 73.6 Å². The second kappa shape index (κ2) is 11.0. The summed E-state index contributed by atoms with van der Waals surface area (Å²) in [5.41, 5.74) is 9.31. The second-order valence-corrected chi connectivity index (χ2v) is 8.60. The average Bonchev–Trinajstić information content (AvgIpc) is 2.69. The van der Waals surface area contributed by atoms with Gasteiger partial charge in [-0.25, -0.2) is 0 Å². The van der Waals surface area contributed by atoms with Crippen LogP contribution in [0.3, 0.4) is 0 Å². The Morgan fingerprint density at radius 1 is 1.14 bits per heavy atom. The molecule has 0 fully saturated rings. The monoisotopic (exact) mass is 387 g/mol. The van der Waals surface area contributed by atoms with Crippen LogP contribution in [0, 0.1) is 5.92 Å². The maximum Gasteiger partial charge on any atom is 0.0748 e. The third-order valence-electron chi connectivity index (χ3n) is 5.58. The van der Waals surface area contributed by atoms with Gasteiger partial charge in [0.15, 0.2) is 0 Å². The third kappa shape index (κ3) is 6.85. The SMILES string of the molecule is C\C=C(CC(C)C)/C(C)=C/C(=C\C=NC1CC(C)=CC(C)=C1C)c1ccccc1. The van der Waals surface area contributed by atoms with Gasteiger partial charge in [-0.05, 0) is 87.3 Å². The van der Waals surface area contributed by atoms with Crippen LogP contribution in [-0.4, -0.2) is 12.3 Å². The molecule has 1 aliphatic carbocycles. The first kappa shape index (κ1) is 22.9. The molecule has 1 nitrogen and oxygen atoms in total. The summed E-state index contributed by atoms with van der Waals surface area (Å²) in [6, 6.07) is 10.9. The molecule has 0 bridgehead atoms. The van der Waals surface area contributed by atoms with E-state index in [1.54, 1.807) is 0 Å². The fourth-order valence-corrected chi connectivity index (χ4v) is 3.79. The Kier molecular flexibility index (Phi) is 8.64. The number of hydrogen-bond donors (Lipinski definition) is 0. The molecule has 0 aromatic heterocycles. The fourth-order valence-electron chi connectivity index (χ4n) is 3.79. The molecule has 0 N–H and O–H groups in total. The predicted octanol–water partition coefficient (Wildman–Crippen LogP) is 8.13. The molecule has 1 heteroatoms. The smallest absolute Gasteiger partial charge is 0.0748 e. The van der Waals surface area contributed by atoms with Crippen LogP contribution in [0.15, 0.2) is 87.5 Å². The highest BCUT2D eigenvalue weighted by atomic mass is 14.8. The summed E-state index contributed by atoms with van der Waals surface area (Å²) in [6.45, 7) is 15.5. The third-order valence-corrected chi connectivity index (χ3v) is 5.58. The molecule has 0 saturated carbocycles. The molecule has 0 aliphatic heterocycles.